The van der Waals surface area contributed by atoms with Gasteiger partial charge in [0.25, 0.3) is 0 Å². The Bertz CT molecular complexity index is 1470. The van der Waals surface area contributed by atoms with Gasteiger partial charge in [-0.1, -0.05) is 77.6 Å². The maximum absolute atomic E-state index is 14.1. The first kappa shape index (κ1) is 37.4. The molecule has 6 rings (SSSR count). The summed E-state index contributed by atoms with van der Waals surface area (Å²) in [5, 5.41) is 13.9. The van der Waals surface area contributed by atoms with Crippen molar-refractivity contribution in [1.29, 1.82) is 0 Å². The normalized spacial score (nSPS) is 31.7. The molecule has 13 heteroatoms. The van der Waals surface area contributed by atoms with Gasteiger partial charge < -0.3 is 34.1 Å². The Hall–Kier alpha value is -3.36. The molecule has 1 aliphatic carbocycles. The number of fused-ring (bicyclic) bond motifs is 4. The summed E-state index contributed by atoms with van der Waals surface area (Å²) < 4.78 is 30.1. The minimum atomic E-state index is -1.31. The van der Waals surface area contributed by atoms with Crippen LogP contribution >= 0.6 is 0 Å². The highest BCUT2D eigenvalue weighted by Crippen LogP contribution is 2.58. The van der Waals surface area contributed by atoms with Gasteiger partial charge >= 0.3 is 17.9 Å². The van der Waals surface area contributed by atoms with E-state index in [-0.39, 0.29) is 38.6 Å². The number of aliphatic hydroxyl groups is 1. The van der Waals surface area contributed by atoms with E-state index in [1.807, 2.05) is 12.1 Å². The highest BCUT2D eigenvalue weighted by atomic mass is 16.8. The number of esters is 3. The van der Waals surface area contributed by atoms with Crippen molar-refractivity contribution < 1.29 is 52.8 Å². The first-order valence-electron chi connectivity index (χ1n) is 18.5. The third-order valence-electron chi connectivity index (χ3n) is 10.9. The Morgan fingerprint density at radius 2 is 1.69 bits per heavy atom. The predicted molar refractivity (Wildman–Crippen MR) is 182 cm³/mol. The Kier molecular flexibility index (Phi) is 11.2. The van der Waals surface area contributed by atoms with Gasteiger partial charge in [-0.15, -0.1) is 0 Å². The number of aliphatic hydroxyl groups excluding tert-OH is 1. The molecular weight excluding hydrogens is 660 g/mol. The summed E-state index contributed by atoms with van der Waals surface area (Å²) in [6.45, 7) is 8.04. The quantitative estimate of drug-likeness (QED) is 0.111. The smallest absolute Gasteiger partial charge is 0.348 e. The molecule has 13 nitrogen and oxygen atoms in total. The van der Waals surface area contributed by atoms with Gasteiger partial charge in [0.2, 0.25) is 12.0 Å². The average molecular weight is 713 g/mol. The largest absolute Gasteiger partial charge is 0.462 e. The van der Waals surface area contributed by atoms with Crippen molar-refractivity contribution in [3.63, 3.8) is 0 Å². The molecule has 0 unspecified atom stereocenters. The van der Waals surface area contributed by atoms with Crippen molar-refractivity contribution in [2.45, 2.75) is 134 Å². The van der Waals surface area contributed by atoms with Gasteiger partial charge in [-0.2, -0.15) is 5.06 Å². The molecule has 2 bridgehead atoms. The molecule has 0 spiro atoms. The number of nitrogens with one attached hydrogen (secondary N) is 1. The number of hydroxylamine groups is 2. The van der Waals surface area contributed by atoms with E-state index in [2.05, 4.69) is 19.2 Å². The summed E-state index contributed by atoms with van der Waals surface area (Å²) in [6, 6.07) is 6.25. The second-order valence-electron chi connectivity index (χ2n) is 15.2. The van der Waals surface area contributed by atoms with E-state index in [9.17, 15) is 24.3 Å². The summed E-state index contributed by atoms with van der Waals surface area (Å²) in [4.78, 5) is 59.1. The van der Waals surface area contributed by atoms with Crippen molar-refractivity contribution in [1.82, 2.24) is 10.4 Å². The predicted octanol–water partition coefficient (Wildman–Crippen LogP) is 3.74. The van der Waals surface area contributed by atoms with Gasteiger partial charge in [0.1, 0.15) is 36.4 Å². The third kappa shape index (κ3) is 7.33. The molecule has 4 aliphatic heterocycles. The Balaban J connectivity index is 1.21. The molecule has 5 fully saturated rings. The number of nitrogens with zero attached hydrogens (tertiary/aromatic N) is 1. The number of carbonyl (C=O) groups excluding carboxylic acids is 4. The van der Waals surface area contributed by atoms with Crippen LogP contribution in [0.3, 0.4) is 0 Å². The minimum absolute atomic E-state index is 0.0359. The molecule has 1 saturated carbocycles. The third-order valence-corrected chi connectivity index (χ3v) is 10.9. The number of ether oxygens (including phenoxy) is 5. The van der Waals surface area contributed by atoms with Crippen LogP contribution in [0, 0.1) is 10.8 Å². The number of unbranched alkanes of at least 4 members (excludes halogenated alkanes) is 4. The summed E-state index contributed by atoms with van der Waals surface area (Å²) in [6.07, 6.45) is 6.80. The molecule has 1 aromatic rings. The van der Waals surface area contributed by atoms with Gasteiger partial charge in [0.05, 0.1) is 13.2 Å². The topological polar surface area (TPSA) is 159 Å². The Labute approximate surface area is 299 Å². The summed E-state index contributed by atoms with van der Waals surface area (Å²) >= 11 is 0. The van der Waals surface area contributed by atoms with E-state index >= 15 is 0 Å². The van der Waals surface area contributed by atoms with Crippen LogP contribution in [0.25, 0.3) is 6.08 Å². The summed E-state index contributed by atoms with van der Waals surface area (Å²) in [5.41, 5.74) is -0.419. The fourth-order valence-electron chi connectivity index (χ4n) is 8.20. The van der Waals surface area contributed by atoms with E-state index in [1.54, 1.807) is 32.1 Å². The number of hydrogen-bond acceptors (Lipinski definition) is 12. The van der Waals surface area contributed by atoms with Crippen molar-refractivity contribution in [2.75, 3.05) is 19.8 Å². The maximum atomic E-state index is 14.1. The zero-order valence-corrected chi connectivity index (χ0v) is 30.1. The maximum Gasteiger partial charge on any atom is 0.348 e. The molecule has 1 amide bonds. The SMILES string of the molecule is CCCCCC1(CCCCC)O[C@@H]2[C@H](O1)[C@H]1ON(Cc3ccc(C=CC(=O)O[C@H]4C(=O)OCC4(C)C)cc3)[C@H]3C(=O)O[C@@H]2C[C@@]13C(=O)NCCO. The monoisotopic (exact) mass is 712 g/mol. The van der Waals surface area contributed by atoms with Gasteiger partial charge in [-0.25, -0.2) is 9.59 Å². The molecule has 0 aromatic heterocycles. The molecule has 7 atom stereocenters. The Morgan fingerprint density at radius 1 is 1.00 bits per heavy atom. The Morgan fingerprint density at radius 3 is 2.31 bits per heavy atom. The molecule has 5 aliphatic rings. The molecule has 0 radical (unpaired) electrons. The van der Waals surface area contributed by atoms with Gasteiger partial charge in [-0.05, 0) is 30.0 Å². The first-order chi connectivity index (χ1) is 24.5. The van der Waals surface area contributed by atoms with Gasteiger partial charge in [-0.3, -0.25) is 14.4 Å². The molecular formula is C38H52N2O11. The molecule has 4 heterocycles. The number of carbonyl (C=O) groups is 4. The van der Waals surface area contributed by atoms with E-state index in [1.165, 1.54) is 11.1 Å². The van der Waals surface area contributed by atoms with Crippen LogP contribution in [0.4, 0.5) is 0 Å². The highest BCUT2D eigenvalue weighted by molar-refractivity contribution is 5.93. The van der Waals surface area contributed by atoms with Crippen molar-refractivity contribution in [3.05, 3.63) is 41.5 Å². The zero-order valence-electron chi connectivity index (χ0n) is 30.1. The highest BCUT2D eigenvalue weighted by Gasteiger charge is 2.76. The van der Waals surface area contributed by atoms with Crippen molar-refractivity contribution >= 4 is 29.9 Å². The van der Waals surface area contributed by atoms with E-state index in [4.69, 9.17) is 28.5 Å². The number of hydrogen-bond donors (Lipinski definition) is 2. The number of amides is 1. The molecule has 4 saturated heterocycles. The number of benzene rings is 1. The average Bonchev–Trinajstić information content (AvgIpc) is 3.74. The fraction of sp³-hybridized carbons (Fsp3) is 0.684. The second kappa shape index (κ2) is 15.3. The standard InChI is InChI=1S/C38H52N2O11/c1-5-7-9-17-37(18-10-8-6-2)49-28-26-21-38(35(45)39-19-20-41)30(33(43)47-26)40(51-31(38)29(28)50-37)22-25-13-11-24(12-14-25)15-16-27(42)48-32-34(44)46-23-36(32,3)4/h11-16,26,28-32,41H,5-10,17-23H2,1-4H3,(H,39,45)/t26-,28+,29+,30+,31-,32+,38+/m1/s1. The van der Waals surface area contributed by atoms with Crippen LogP contribution in [0.1, 0.15) is 96.6 Å². The van der Waals surface area contributed by atoms with Crippen LogP contribution in [-0.2, 0) is 54.2 Å². The zero-order chi connectivity index (χ0) is 36.4. The number of cyclic esters (lactones) is 1. The van der Waals surface area contributed by atoms with Crippen LogP contribution in [0.2, 0.25) is 0 Å². The minimum Gasteiger partial charge on any atom is -0.462 e. The van der Waals surface area contributed by atoms with E-state index in [0.717, 1.165) is 44.1 Å². The molecule has 51 heavy (non-hydrogen) atoms. The fourth-order valence-corrected chi connectivity index (χ4v) is 8.20. The lowest BCUT2D eigenvalue weighted by molar-refractivity contribution is -0.224. The van der Waals surface area contributed by atoms with E-state index < -0.39 is 71.1 Å². The summed E-state index contributed by atoms with van der Waals surface area (Å²) in [5.74, 6) is -3.00. The van der Waals surface area contributed by atoms with Crippen LogP contribution in [0.5, 0.6) is 0 Å². The molecule has 1 aromatic carbocycles. The molecule has 2 N–H and O–H groups in total. The van der Waals surface area contributed by atoms with Crippen molar-refractivity contribution in [2.24, 2.45) is 10.8 Å². The van der Waals surface area contributed by atoms with Gasteiger partial charge in [0.15, 0.2) is 11.8 Å². The number of rotatable bonds is 16. The van der Waals surface area contributed by atoms with E-state index in [0.29, 0.717) is 18.4 Å². The van der Waals surface area contributed by atoms with Crippen LogP contribution in [-0.4, -0.2) is 96.1 Å². The first-order valence-corrected chi connectivity index (χ1v) is 18.5. The lowest BCUT2D eigenvalue weighted by Gasteiger charge is -2.48. The lowest BCUT2D eigenvalue weighted by Crippen LogP contribution is -2.69. The lowest BCUT2D eigenvalue weighted by atomic mass is 9.62. The second-order valence-corrected chi connectivity index (χ2v) is 15.2. The van der Waals surface area contributed by atoms with Crippen molar-refractivity contribution in [3.8, 4) is 0 Å². The molecule has 280 valence electrons. The van der Waals surface area contributed by atoms with Crippen LogP contribution < -0.4 is 5.32 Å². The van der Waals surface area contributed by atoms with Crippen LogP contribution in [0.15, 0.2) is 30.3 Å². The summed E-state index contributed by atoms with van der Waals surface area (Å²) in [7, 11) is 0. The van der Waals surface area contributed by atoms with Gasteiger partial charge in [0, 0.05) is 37.3 Å².